The molecule has 2 atom stereocenters. The average Bonchev–Trinajstić information content (AvgIpc) is 2.76. The molecule has 2 heteroatoms. The molecule has 2 N–H and O–H groups in total. The van der Waals surface area contributed by atoms with Gasteiger partial charge >= 0.3 is 0 Å². The first-order valence-electron chi connectivity index (χ1n) is 5.72. The minimum atomic E-state index is 0.369. The van der Waals surface area contributed by atoms with Crippen LogP contribution in [0.1, 0.15) is 38.5 Å². The van der Waals surface area contributed by atoms with E-state index in [4.69, 9.17) is 5.11 Å². The summed E-state index contributed by atoms with van der Waals surface area (Å²) in [5, 5.41) is 12.5. The van der Waals surface area contributed by atoms with Gasteiger partial charge in [-0.3, -0.25) is 0 Å². The van der Waals surface area contributed by atoms with Gasteiger partial charge in [-0.05, 0) is 24.7 Å². The highest BCUT2D eigenvalue weighted by Gasteiger charge is 2.26. The Morgan fingerprint density at radius 1 is 1.15 bits per heavy atom. The maximum Gasteiger partial charge on any atom is 0.0471 e. The van der Waals surface area contributed by atoms with E-state index < -0.39 is 0 Å². The topological polar surface area (TPSA) is 32.3 Å². The summed E-state index contributed by atoms with van der Waals surface area (Å²) in [6, 6.07) is 0.709. The van der Waals surface area contributed by atoms with E-state index in [0.717, 1.165) is 12.5 Å². The summed E-state index contributed by atoms with van der Waals surface area (Å²) in [5.74, 6) is 1.52. The lowest BCUT2D eigenvalue weighted by Gasteiger charge is -2.15. The number of rotatable bonds is 3. The molecular formula is C11H21NO. The molecule has 0 aromatic rings. The Hall–Kier alpha value is -0.0800. The molecule has 2 fully saturated rings. The average molecular weight is 183 g/mol. The minimum absolute atomic E-state index is 0.369. The van der Waals surface area contributed by atoms with Gasteiger partial charge in [0.15, 0.2) is 0 Å². The maximum absolute atomic E-state index is 9.00. The predicted molar refractivity (Wildman–Crippen MR) is 53.6 cm³/mol. The molecule has 0 aromatic carbocycles. The first-order valence-corrected chi connectivity index (χ1v) is 5.72. The van der Waals surface area contributed by atoms with Crippen LogP contribution in [0.4, 0.5) is 0 Å². The summed E-state index contributed by atoms with van der Waals surface area (Å²) in [4.78, 5) is 0. The van der Waals surface area contributed by atoms with Gasteiger partial charge in [-0.15, -0.1) is 0 Å². The molecule has 2 nitrogen and oxygen atoms in total. The van der Waals surface area contributed by atoms with Crippen LogP contribution in [0.5, 0.6) is 0 Å². The molecule has 1 saturated carbocycles. The Morgan fingerprint density at radius 2 is 1.92 bits per heavy atom. The van der Waals surface area contributed by atoms with Crippen molar-refractivity contribution >= 4 is 0 Å². The highest BCUT2D eigenvalue weighted by Crippen LogP contribution is 2.31. The molecule has 76 valence electrons. The van der Waals surface area contributed by atoms with Crippen LogP contribution in [0.25, 0.3) is 0 Å². The zero-order chi connectivity index (χ0) is 9.10. The van der Waals surface area contributed by atoms with Gasteiger partial charge in [-0.25, -0.2) is 0 Å². The van der Waals surface area contributed by atoms with Gasteiger partial charge in [0.25, 0.3) is 0 Å². The number of nitrogens with one attached hydrogen (secondary N) is 1. The summed E-state index contributed by atoms with van der Waals surface area (Å²) < 4.78 is 0. The van der Waals surface area contributed by atoms with Crippen molar-refractivity contribution in [1.82, 2.24) is 5.32 Å². The van der Waals surface area contributed by atoms with Crippen LogP contribution in [-0.2, 0) is 0 Å². The van der Waals surface area contributed by atoms with Crippen molar-refractivity contribution in [1.29, 1.82) is 0 Å². The van der Waals surface area contributed by atoms with Gasteiger partial charge in [0.1, 0.15) is 0 Å². The summed E-state index contributed by atoms with van der Waals surface area (Å²) in [6.45, 7) is 1.40. The summed E-state index contributed by atoms with van der Waals surface area (Å²) in [6.07, 6.45) is 8.34. The molecule has 0 amide bonds. The SMILES string of the molecule is OCC1CNC(CC2CCCC2)C1. The number of aliphatic hydroxyl groups is 1. The highest BCUT2D eigenvalue weighted by atomic mass is 16.3. The molecule has 1 aliphatic heterocycles. The number of hydrogen-bond acceptors (Lipinski definition) is 2. The second-order valence-corrected chi connectivity index (χ2v) is 4.78. The first kappa shape index (κ1) is 9.47. The fourth-order valence-corrected chi connectivity index (χ4v) is 2.87. The summed E-state index contributed by atoms with van der Waals surface area (Å²) >= 11 is 0. The third-order valence-electron chi connectivity index (χ3n) is 3.66. The molecule has 0 aromatic heterocycles. The second-order valence-electron chi connectivity index (χ2n) is 4.78. The highest BCUT2D eigenvalue weighted by molar-refractivity contribution is 4.84. The molecule has 0 bridgehead atoms. The van der Waals surface area contributed by atoms with E-state index in [1.54, 1.807) is 0 Å². The van der Waals surface area contributed by atoms with Crippen molar-refractivity contribution in [2.75, 3.05) is 13.2 Å². The third kappa shape index (κ3) is 2.44. The quantitative estimate of drug-likeness (QED) is 0.695. The van der Waals surface area contributed by atoms with Crippen LogP contribution in [0.15, 0.2) is 0 Å². The van der Waals surface area contributed by atoms with Gasteiger partial charge in [0.2, 0.25) is 0 Å². The normalized spacial score (nSPS) is 35.8. The van der Waals surface area contributed by atoms with E-state index in [2.05, 4.69) is 5.32 Å². The monoisotopic (exact) mass is 183 g/mol. The molecule has 13 heavy (non-hydrogen) atoms. The van der Waals surface area contributed by atoms with E-state index in [1.807, 2.05) is 0 Å². The predicted octanol–water partition coefficient (Wildman–Crippen LogP) is 1.54. The van der Waals surface area contributed by atoms with Crippen LogP contribution < -0.4 is 5.32 Å². The molecule has 2 rings (SSSR count). The molecule has 1 saturated heterocycles. The molecule has 1 heterocycles. The molecule has 0 radical (unpaired) electrons. The lowest BCUT2D eigenvalue weighted by Crippen LogP contribution is -2.23. The zero-order valence-corrected chi connectivity index (χ0v) is 8.34. The van der Waals surface area contributed by atoms with Crippen LogP contribution in [0.2, 0.25) is 0 Å². The molecule has 2 aliphatic rings. The van der Waals surface area contributed by atoms with Crippen molar-refractivity contribution in [3.8, 4) is 0 Å². The smallest absolute Gasteiger partial charge is 0.0471 e. The van der Waals surface area contributed by atoms with Crippen LogP contribution in [0.3, 0.4) is 0 Å². The molecule has 2 unspecified atom stereocenters. The summed E-state index contributed by atoms with van der Waals surface area (Å²) in [7, 11) is 0. The van der Waals surface area contributed by atoms with Crippen LogP contribution in [0, 0.1) is 11.8 Å². The van der Waals surface area contributed by atoms with Crippen molar-refractivity contribution in [2.45, 2.75) is 44.6 Å². The maximum atomic E-state index is 9.00. The largest absolute Gasteiger partial charge is 0.396 e. The van der Waals surface area contributed by atoms with Crippen molar-refractivity contribution in [2.24, 2.45) is 11.8 Å². The number of aliphatic hydroxyl groups excluding tert-OH is 1. The lowest BCUT2D eigenvalue weighted by atomic mass is 9.95. The standard InChI is InChI=1S/C11H21NO/c13-8-10-6-11(12-7-10)5-9-3-1-2-4-9/h9-13H,1-8H2. The van der Waals surface area contributed by atoms with E-state index in [1.165, 1.54) is 38.5 Å². The lowest BCUT2D eigenvalue weighted by molar-refractivity contribution is 0.234. The first-order chi connectivity index (χ1) is 6.38. The van der Waals surface area contributed by atoms with E-state index >= 15 is 0 Å². The Bertz CT molecular complexity index is 154. The fourth-order valence-electron chi connectivity index (χ4n) is 2.87. The third-order valence-corrected chi connectivity index (χ3v) is 3.66. The van der Waals surface area contributed by atoms with Gasteiger partial charge in [0.05, 0.1) is 0 Å². The molecular weight excluding hydrogens is 162 g/mol. The van der Waals surface area contributed by atoms with Crippen LogP contribution in [-0.4, -0.2) is 24.3 Å². The Labute approximate surface area is 80.7 Å². The zero-order valence-electron chi connectivity index (χ0n) is 8.34. The fraction of sp³-hybridized carbons (Fsp3) is 1.00. The van der Waals surface area contributed by atoms with Gasteiger partial charge in [-0.2, -0.15) is 0 Å². The Morgan fingerprint density at radius 3 is 2.54 bits per heavy atom. The van der Waals surface area contributed by atoms with Gasteiger partial charge in [-0.1, -0.05) is 25.7 Å². The van der Waals surface area contributed by atoms with Gasteiger partial charge < -0.3 is 10.4 Å². The Kier molecular flexibility index (Phi) is 3.23. The van der Waals surface area contributed by atoms with Crippen molar-refractivity contribution in [3.63, 3.8) is 0 Å². The van der Waals surface area contributed by atoms with Gasteiger partial charge in [0, 0.05) is 19.2 Å². The number of hydrogen-bond donors (Lipinski definition) is 2. The van der Waals surface area contributed by atoms with Crippen molar-refractivity contribution in [3.05, 3.63) is 0 Å². The Balaban J connectivity index is 1.70. The second kappa shape index (κ2) is 4.43. The van der Waals surface area contributed by atoms with Crippen LogP contribution >= 0.6 is 0 Å². The van der Waals surface area contributed by atoms with E-state index in [-0.39, 0.29) is 0 Å². The summed E-state index contributed by atoms with van der Waals surface area (Å²) in [5.41, 5.74) is 0. The molecule has 1 aliphatic carbocycles. The van der Waals surface area contributed by atoms with E-state index in [0.29, 0.717) is 18.6 Å². The minimum Gasteiger partial charge on any atom is -0.396 e. The molecule has 0 spiro atoms. The van der Waals surface area contributed by atoms with Crippen molar-refractivity contribution < 1.29 is 5.11 Å². The van der Waals surface area contributed by atoms with E-state index in [9.17, 15) is 0 Å².